The van der Waals surface area contributed by atoms with Crippen LogP contribution in [0.4, 0.5) is 5.69 Å². The minimum atomic E-state index is 0.0555. The van der Waals surface area contributed by atoms with Crippen molar-refractivity contribution in [3.63, 3.8) is 0 Å². The molecule has 94 valence electrons. The maximum absolute atomic E-state index is 8.66. The predicted molar refractivity (Wildman–Crippen MR) is 69.4 cm³/mol. The zero-order chi connectivity index (χ0) is 12.1. The summed E-state index contributed by atoms with van der Waals surface area (Å²) in [5, 5.41) is 12.2. The molecule has 0 heterocycles. The zero-order valence-electron chi connectivity index (χ0n) is 10.4. The maximum atomic E-state index is 8.66. The Hall–Kier alpha value is -1.22. The highest BCUT2D eigenvalue weighted by Crippen LogP contribution is 2.27. The maximum Gasteiger partial charge on any atom is 0.119 e. The summed E-state index contributed by atoms with van der Waals surface area (Å²) < 4.78 is 5.32. The molecule has 0 aliphatic heterocycles. The first-order valence-electron chi connectivity index (χ1n) is 6.38. The van der Waals surface area contributed by atoms with Crippen molar-refractivity contribution in [1.82, 2.24) is 0 Å². The Kier molecular flexibility index (Phi) is 4.26. The van der Waals surface area contributed by atoms with Crippen LogP contribution in [0.1, 0.15) is 26.2 Å². The lowest BCUT2D eigenvalue weighted by Gasteiger charge is -2.14. The van der Waals surface area contributed by atoms with E-state index in [-0.39, 0.29) is 6.61 Å². The van der Waals surface area contributed by atoms with Crippen LogP contribution < -0.4 is 10.1 Å². The summed E-state index contributed by atoms with van der Waals surface area (Å²) in [4.78, 5) is 0. The Morgan fingerprint density at radius 1 is 1.29 bits per heavy atom. The van der Waals surface area contributed by atoms with Gasteiger partial charge in [-0.2, -0.15) is 0 Å². The lowest BCUT2D eigenvalue weighted by molar-refractivity contribution is 0.201. The van der Waals surface area contributed by atoms with Gasteiger partial charge in [0.1, 0.15) is 12.4 Å². The molecule has 1 aromatic rings. The SMILES string of the molecule is CC1CCC(Nc2ccc(OCCO)cc2)C1. The first-order valence-corrected chi connectivity index (χ1v) is 6.38. The van der Waals surface area contributed by atoms with Gasteiger partial charge in [0, 0.05) is 11.7 Å². The molecule has 2 atom stereocenters. The van der Waals surface area contributed by atoms with Crippen molar-refractivity contribution in [3.8, 4) is 5.75 Å². The molecule has 0 aromatic heterocycles. The van der Waals surface area contributed by atoms with Gasteiger partial charge in [0.25, 0.3) is 0 Å². The number of ether oxygens (including phenoxy) is 1. The number of rotatable bonds is 5. The van der Waals surface area contributed by atoms with Crippen LogP contribution in [0, 0.1) is 5.92 Å². The topological polar surface area (TPSA) is 41.5 Å². The molecule has 3 nitrogen and oxygen atoms in total. The van der Waals surface area contributed by atoms with E-state index in [1.54, 1.807) is 0 Å². The van der Waals surface area contributed by atoms with E-state index < -0.39 is 0 Å². The van der Waals surface area contributed by atoms with Crippen LogP contribution in [0.25, 0.3) is 0 Å². The monoisotopic (exact) mass is 235 g/mol. The molecule has 2 N–H and O–H groups in total. The van der Waals surface area contributed by atoms with Gasteiger partial charge in [-0.3, -0.25) is 0 Å². The van der Waals surface area contributed by atoms with Gasteiger partial charge in [-0.05, 0) is 49.4 Å². The number of anilines is 1. The van der Waals surface area contributed by atoms with Crippen molar-refractivity contribution in [2.75, 3.05) is 18.5 Å². The average molecular weight is 235 g/mol. The van der Waals surface area contributed by atoms with Gasteiger partial charge in [-0.25, -0.2) is 0 Å². The van der Waals surface area contributed by atoms with Crippen LogP contribution in [-0.4, -0.2) is 24.4 Å². The predicted octanol–water partition coefficient (Wildman–Crippen LogP) is 2.66. The van der Waals surface area contributed by atoms with Gasteiger partial charge < -0.3 is 15.2 Å². The van der Waals surface area contributed by atoms with Gasteiger partial charge in [-0.1, -0.05) is 6.92 Å². The van der Waals surface area contributed by atoms with E-state index in [4.69, 9.17) is 9.84 Å². The number of nitrogens with one attached hydrogen (secondary N) is 1. The van der Waals surface area contributed by atoms with Crippen LogP contribution >= 0.6 is 0 Å². The molecule has 1 aliphatic carbocycles. The lowest BCUT2D eigenvalue weighted by atomic mass is 10.1. The third kappa shape index (κ3) is 3.63. The fraction of sp³-hybridized carbons (Fsp3) is 0.571. The smallest absolute Gasteiger partial charge is 0.119 e. The van der Waals surface area contributed by atoms with Crippen LogP contribution in [0.2, 0.25) is 0 Å². The summed E-state index contributed by atoms with van der Waals surface area (Å²) in [6.45, 7) is 2.72. The third-order valence-corrected chi connectivity index (χ3v) is 3.28. The Morgan fingerprint density at radius 3 is 2.65 bits per heavy atom. The second-order valence-corrected chi connectivity index (χ2v) is 4.86. The first-order chi connectivity index (χ1) is 8.28. The number of benzene rings is 1. The molecule has 0 radical (unpaired) electrons. The van der Waals surface area contributed by atoms with E-state index in [1.165, 1.54) is 19.3 Å². The standard InChI is InChI=1S/C14H21NO2/c1-11-2-3-13(10-11)15-12-4-6-14(7-5-12)17-9-8-16/h4-7,11,13,15-16H,2-3,8-10H2,1H3. The van der Waals surface area contributed by atoms with Gasteiger partial charge in [0.15, 0.2) is 0 Å². The molecule has 0 bridgehead atoms. The van der Waals surface area contributed by atoms with Crippen molar-refractivity contribution < 1.29 is 9.84 Å². The highest BCUT2D eigenvalue weighted by molar-refractivity contribution is 5.47. The van der Waals surface area contributed by atoms with Crippen molar-refractivity contribution in [3.05, 3.63) is 24.3 Å². The first kappa shape index (κ1) is 12.2. The van der Waals surface area contributed by atoms with Crippen LogP contribution in [-0.2, 0) is 0 Å². The Morgan fingerprint density at radius 2 is 2.06 bits per heavy atom. The van der Waals surface area contributed by atoms with Gasteiger partial charge >= 0.3 is 0 Å². The summed E-state index contributed by atoms with van der Waals surface area (Å²) in [6, 6.07) is 8.58. The fourth-order valence-corrected chi connectivity index (χ4v) is 2.38. The normalized spacial score (nSPS) is 23.6. The number of aliphatic hydroxyl groups is 1. The Labute approximate surface area is 103 Å². The average Bonchev–Trinajstić information content (AvgIpc) is 2.74. The van der Waals surface area contributed by atoms with E-state index in [2.05, 4.69) is 12.2 Å². The van der Waals surface area contributed by atoms with E-state index in [0.717, 1.165) is 17.4 Å². The highest BCUT2D eigenvalue weighted by Gasteiger charge is 2.20. The van der Waals surface area contributed by atoms with Crippen LogP contribution in [0.15, 0.2) is 24.3 Å². The van der Waals surface area contributed by atoms with E-state index in [1.807, 2.05) is 24.3 Å². The molecule has 3 heteroatoms. The molecule has 1 aliphatic rings. The molecule has 1 saturated carbocycles. The number of hydrogen-bond acceptors (Lipinski definition) is 3. The summed E-state index contributed by atoms with van der Waals surface area (Å²) >= 11 is 0. The zero-order valence-corrected chi connectivity index (χ0v) is 10.4. The van der Waals surface area contributed by atoms with E-state index >= 15 is 0 Å². The minimum Gasteiger partial charge on any atom is -0.491 e. The van der Waals surface area contributed by atoms with Crippen molar-refractivity contribution >= 4 is 5.69 Å². The minimum absolute atomic E-state index is 0.0555. The van der Waals surface area contributed by atoms with Crippen molar-refractivity contribution in [1.29, 1.82) is 0 Å². The molecule has 2 rings (SSSR count). The van der Waals surface area contributed by atoms with Crippen molar-refractivity contribution in [2.45, 2.75) is 32.2 Å². The van der Waals surface area contributed by atoms with E-state index in [0.29, 0.717) is 12.6 Å². The van der Waals surface area contributed by atoms with E-state index in [9.17, 15) is 0 Å². The molecule has 0 amide bonds. The molecule has 0 saturated heterocycles. The van der Waals surface area contributed by atoms with Gasteiger partial charge in [0.2, 0.25) is 0 Å². The summed E-state index contributed by atoms with van der Waals surface area (Å²) in [7, 11) is 0. The number of hydrogen-bond donors (Lipinski definition) is 2. The molecule has 1 aromatic carbocycles. The fourth-order valence-electron chi connectivity index (χ4n) is 2.38. The Balaban J connectivity index is 1.85. The lowest BCUT2D eigenvalue weighted by Crippen LogP contribution is -2.15. The second kappa shape index (κ2) is 5.92. The summed E-state index contributed by atoms with van der Waals surface area (Å²) in [5.74, 6) is 1.66. The third-order valence-electron chi connectivity index (χ3n) is 3.28. The molecule has 0 spiro atoms. The molecule has 1 fully saturated rings. The van der Waals surface area contributed by atoms with Crippen molar-refractivity contribution in [2.24, 2.45) is 5.92 Å². The highest BCUT2D eigenvalue weighted by atomic mass is 16.5. The van der Waals surface area contributed by atoms with Crippen LogP contribution in [0.5, 0.6) is 5.75 Å². The second-order valence-electron chi connectivity index (χ2n) is 4.86. The molecule has 17 heavy (non-hydrogen) atoms. The van der Waals surface area contributed by atoms with Gasteiger partial charge in [-0.15, -0.1) is 0 Å². The molecule has 2 unspecified atom stereocenters. The summed E-state index contributed by atoms with van der Waals surface area (Å²) in [6.07, 6.45) is 3.86. The van der Waals surface area contributed by atoms with Crippen LogP contribution in [0.3, 0.4) is 0 Å². The quantitative estimate of drug-likeness (QED) is 0.824. The largest absolute Gasteiger partial charge is 0.491 e. The molecular weight excluding hydrogens is 214 g/mol. The number of aliphatic hydroxyl groups excluding tert-OH is 1. The molecular formula is C14H21NO2. The Bertz CT molecular complexity index is 337. The van der Waals surface area contributed by atoms with Gasteiger partial charge in [0.05, 0.1) is 6.61 Å². The summed E-state index contributed by atoms with van der Waals surface area (Å²) in [5.41, 5.74) is 1.15.